The lowest BCUT2D eigenvalue weighted by atomic mass is 10.3. The fourth-order valence-electron chi connectivity index (χ4n) is 0.837. The lowest BCUT2D eigenvalue weighted by Crippen LogP contribution is -2.00. The van der Waals surface area contributed by atoms with Gasteiger partial charge < -0.3 is 10.5 Å². The van der Waals surface area contributed by atoms with Crippen molar-refractivity contribution in [3.05, 3.63) is 16.2 Å². The molecule has 1 heterocycles. The molecule has 0 fully saturated rings. The van der Waals surface area contributed by atoms with Crippen LogP contribution < -0.4 is 10.5 Å². The smallest absolute Gasteiger partial charge is 0.281 e. The predicted octanol–water partition coefficient (Wildman–Crippen LogP) is 2.37. The summed E-state index contributed by atoms with van der Waals surface area (Å²) in [5.74, 6) is 0.262. The number of hydrogen-bond acceptors (Lipinski definition) is 3. The summed E-state index contributed by atoms with van der Waals surface area (Å²) in [4.78, 5) is 3.48. The normalized spacial score (nSPS) is 10.5. The number of hydrogen-bond donors (Lipinski definition) is 1. The second-order valence-electron chi connectivity index (χ2n) is 2.25. The van der Waals surface area contributed by atoms with Crippen molar-refractivity contribution in [1.29, 1.82) is 0 Å². The summed E-state index contributed by atoms with van der Waals surface area (Å²) in [7, 11) is 1.37. The predicted molar refractivity (Wildman–Crippen MR) is 47.9 cm³/mol. The SMILES string of the molecule is COc1cc(N)nc(C(F)F)c1Br. The summed E-state index contributed by atoms with van der Waals surface area (Å²) >= 11 is 2.95. The van der Waals surface area contributed by atoms with Crippen LogP contribution in [0.1, 0.15) is 12.1 Å². The second kappa shape index (κ2) is 3.87. The number of pyridine rings is 1. The fraction of sp³-hybridized carbons (Fsp3) is 0.286. The summed E-state index contributed by atoms with van der Waals surface area (Å²) in [5.41, 5.74) is 4.89. The molecule has 0 aliphatic carbocycles. The number of nitrogen functional groups attached to an aromatic ring is 1. The van der Waals surface area contributed by atoms with Crippen LogP contribution in [0.15, 0.2) is 10.5 Å². The van der Waals surface area contributed by atoms with Gasteiger partial charge in [0, 0.05) is 6.07 Å². The van der Waals surface area contributed by atoms with Gasteiger partial charge in [-0.25, -0.2) is 13.8 Å². The highest BCUT2D eigenvalue weighted by Crippen LogP contribution is 2.34. The van der Waals surface area contributed by atoms with Crippen LogP contribution in [0.2, 0.25) is 0 Å². The van der Waals surface area contributed by atoms with Crippen LogP contribution in [-0.2, 0) is 0 Å². The number of ether oxygens (including phenoxy) is 1. The van der Waals surface area contributed by atoms with Crippen molar-refractivity contribution < 1.29 is 13.5 Å². The Morgan fingerprint density at radius 3 is 2.69 bits per heavy atom. The van der Waals surface area contributed by atoms with E-state index in [1.165, 1.54) is 13.2 Å². The summed E-state index contributed by atoms with van der Waals surface area (Å²) in [6.45, 7) is 0. The molecule has 6 heteroatoms. The van der Waals surface area contributed by atoms with Crippen molar-refractivity contribution in [1.82, 2.24) is 4.98 Å². The molecular formula is C7H7BrF2N2O. The van der Waals surface area contributed by atoms with Crippen molar-refractivity contribution in [3.63, 3.8) is 0 Å². The van der Waals surface area contributed by atoms with Crippen LogP contribution >= 0.6 is 15.9 Å². The summed E-state index contributed by atoms with van der Waals surface area (Å²) < 4.78 is 29.6. The third-order valence-electron chi connectivity index (χ3n) is 1.40. The lowest BCUT2D eigenvalue weighted by molar-refractivity contribution is 0.145. The van der Waals surface area contributed by atoms with Gasteiger partial charge >= 0.3 is 0 Å². The number of nitrogens with two attached hydrogens (primary N) is 1. The standard InChI is InChI=1S/C7H7BrF2N2O/c1-13-3-2-4(11)12-6(5(3)8)7(9)10/h2,7H,1H3,(H2,11,12). The van der Waals surface area contributed by atoms with Gasteiger partial charge in [0.25, 0.3) is 6.43 Å². The minimum absolute atomic E-state index is 0.00958. The van der Waals surface area contributed by atoms with Crippen molar-refractivity contribution in [2.24, 2.45) is 0 Å². The van der Waals surface area contributed by atoms with Gasteiger partial charge in [-0.1, -0.05) is 0 Å². The molecule has 0 radical (unpaired) electrons. The quantitative estimate of drug-likeness (QED) is 0.880. The molecule has 0 saturated carbocycles. The number of aromatic nitrogens is 1. The maximum absolute atomic E-state index is 12.3. The number of alkyl halides is 2. The van der Waals surface area contributed by atoms with E-state index in [1.54, 1.807) is 0 Å². The van der Waals surface area contributed by atoms with Crippen LogP contribution in [-0.4, -0.2) is 12.1 Å². The summed E-state index contributed by atoms with van der Waals surface area (Å²) in [6, 6.07) is 1.37. The number of nitrogens with zero attached hydrogens (tertiary/aromatic N) is 1. The molecule has 1 aromatic heterocycles. The molecule has 0 aliphatic rings. The van der Waals surface area contributed by atoms with Crippen molar-refractivity contribution >= 4 is 21.7 Å². The highest BCUT2D eigenvalue weighted by atomic mass is 79.9. The molecule has 0 aromatic carbocycles. The molecule has 0 amide bonds. The van der Waals surface area contributed by atoms with Gasteiger partial charge in [-0.15, -0.1) is 0 Å². The first-order valence-electron chi connectivity index (χ1n) is 3.34. The molecule has 0 unspecified atom stereocenters. The molecule has 0 spiro atoms. The molecule has 0 bridgehead atoms. The van der Waals surface area contributed by atoms with E-state index in [9.17, 15) is 8.78 Å². The zero-order chi connectivity index (χ0) is 10.0. The topological polar surface area (TPSA) is 48.1 Å². The monoisotopic (exact) mass is 252 g/mol. The Labute approximate surface area is 82.0 Å². The van der Waals surface area contributed by atoms with Crippen LogP contribution in [0.25, 0.3) is 0 Å². The van der Waals surface area contributed by atoms with Gasteiger partial charge in [-0.2, -0.15) is 0 Å². The molecule has 1 rings (SSSR count). The Hall–Kier alpha value is -0.910. The minimum Gasteiger partial charge on any atom is -0.495 e. The Morgan fingerprint density at radius 1 is 1.62 bits per heavy atom. The zero-order valence-electron chi connectivity index (χ0n) is 6.72. The average molecular weight is 253 g/mol. The first-order chi connectivity index (χ1) is 6.06. The zero-order valence-corrected chi connectivity index (χ0v) is 8.31. The lowest BCUT2D eigenvalue weighted by Gasteiger charge is -2.08. The first-order valence-corrected chi connectivity index (χ1v) is 4.13. The molecule has 3 nitrogen and oxygen atoms in total. The number of halogens is 3. The summed E-state index contributed by atoms with van der Waals surface area (Å²) in [5, 5.41) is 0. The molecule has 0 atom stereocenters. The van der Waals surface area contributed by atoms with Crippen molar-refractivity contribution in [3.8, 4) is 5.75 Å². The van der Waals surface area contributed by atoms with Crippen LogP contribution in [0, 0.1) is 0 Å². The molecular weight excluding hydrogens is 246 g/mol. The van der Waals surface area contributed by atoms with Crippen molar-refractivity contribution in [2.45, 2.75) is 6.43 Å². The average Bonchev–Trinajstić information content (AvgIpc) is 2.08. The summed E-state index contributed by atoms with van der Waals surface area (Å²) in [6.07, 6.45) is -2.67. The van der Waals surface area contributed by atoms with E-state index in [-0.39, 0.29) is 16.0 Å². The van der Waals surface area contributed by atoms with Crippen LogP contribution in [0.5, 0.6) is 5.75 Å². The van der Waals surface area contributed by atoms with Gasteiger partial charge in [-0.05, 0) is 15.9 Å². The second-order valence-corrected chi connectivity index (χ2v) is 3.04. The number of methoxy groups -OCH3 is 1. The number of rotatable bonds is 2. The highest BCUT2D eigenvalue weighted by Gasteiger charge is 2.17. The maximum atomic E-state index is 12.3. The fourth-order valence-corrected chi connectivity index (χ4v) is 1.38. The van der Waals surface area contributed by atoms with Gasteiger partial charge in [0.15, 0.2) is 0 Å². The van der Waals surface area contributed by atoms with E-state index in [4.69, 9.17) is 10.5 Å². The maximum Gasteiger partial charge on any atom is 0.281 e. The molecule has 2 N–H and O–H groups in total. The minimum atomic E-state index is -2.67. The van der Waals surface area contributed by atoms with Gasteiger partial charge in [0.1, 0.15) is 17.3 Å². The van der Waals surface area contributed by atoms with E-state index >= 15 is 0 Å². The Bertz CT molecular complexity index is 320. The van der Waals surface area contributed by atoms with E-state index in [0.717, 1.165) is 0 Å². The van der Waals surface area contributed by atoms with Crippen LogP contribution in [0.3, 0.4) is 0 Å². The first kappa shape index (κ1) is 10.2. The molecule has 72 valence electrons. The van der Waals surface area contributed by atoms with Crippen LogP contribution in [0.4, 0.5) is 14.6 Å². The van der Waals surface area contributed by atoms with Gasteiger partial charge in [-0.3, -0.25) is 0 Å². The molecule has 0 saturated heterocycles. The Kier molecular flexibility index (Phi) is 3.02. The highest BCUT2D eigenvalue weighted by molar-refractivity contribution is 9.10. The van der Waals surface area contributed by atoms with E-state index in [1.807, 2.05) is 0 Å². The van der Waals surface area contributed by atoms with E-state index in [0.29, 0.717) is 0 Å². The largest absolute Gasteiger partial charge is 0.495 e. The Balaban J connectivity index is 3.27. The molecule has 0 aliphatic heterocycles. The number of anilines is 1. The van der Waals surface area contributed by atoms with Gasteiger partial charge in [0.2, 0.25) is 0 Å². The van der Waals surface area contributed by atoms with E-state index < -0.39 is 12.1 Å². The van der Waals surface area contributed by atoms with E-state index in [2.05, 4.69) is 20.9 Å². The van der Waals surface area contributed by atoms with Crippen molar-refractivity contribution in [2.75, 3.05) is 12.8 Å². The Morgan fingerprint density at radius 2 is 2.23 bits per heavy atom. The molecule has 13 heavy (non-hydrogen) atoms. The van der Waals surface area contributed by atoms with Gasteiger partial charge in [0.05, 0.1) is 11.6 Å². The molecule has 1 aromatic rings. The third-order valence-corrected chi connectivity index (χ3v) is 2.19. The third kappa shape index (κ3) is 2.06.